The van der Waals surface area contributed by atoms with E-state index in [-0.39, 0.29) is 0 Å². The van der Waals surface area contributed by atoms with Crippen molar-refractivity contribution in [3.05, 3.63) is 74.7 Å². The number of carboxylic acids is 1. The summed E-state index contributed by atoms with van der Waals surface area (Å²) in [5, 5.41) is 13.9. The minimum Gasteiger partial charge on any atom is -0.478 e. The Hall–Kier alpha value is -2.02. The van der Waals surface area contributed by atoms with Crippen LogP contribution in [0.1, 0.15) is 29.0 Å². The Labute approximate surface area is 176 Å². The molecule has 0 aliphatic heterocycles. The predicted octanol–water partition coefficient (Wildman–Crippen LogP) is 5.61. The van der Waals surface area contributed by atoms with Gasteiger partial charge in [-0.25, -0.2) is 9.78 Å². The van der Waals surface area contributed by atoms with Crippen LogP contribution in [-0.4, -0.2) is 25.9 Å². The Morgan fingerprint density at radius 2 is 2.14 bits per heavy atom. The molecule has 1 aromatic carbocycles. The molecule has 28 heavy (non-hydrogen) atoms. The molecule has 2 aromatic heterocycles. The highest BCUT2D eigenvalue weighted by molar-refractivity contribution is 8.00. The monoisotopic (exact) mass is 430 g/mol. The van der Waals surface area contributed by atoms with Crippen LogP contribution in [0.4, 0.5) is 0 Å². The van der Waals surface area contributed by atoms with Gasteiger partial charge in [-0.15, -0.1) is 11.3 Å². The number of hydrogen-bond donors (Lipinski definition) is 1. The number of aliphatic carboxylic acids is 1. The van der Waals surface area contributed by atoms with Gasteiger partial charge in [0.2, 0.25) is 0 Å². The topological polar surface area (TPSA) is 55.1 Å². The van der Waals surface area contributed by atoms with Crippen molar-refractivity contribution in [2.24, 2.45) is 0 Å². The quantitative estimate of drug-likeness (QED) is 0.472. The summed E-state index contributed by atoms with van der Waals surface area (Å²) < 4.78 is 2.07. The second-order valence-electron chi connectivity index (χ2n) is 6.69. The molecule has 1 aliphatic rings. The third-order valence-electron chi connectivity index (χ3n) is 4.47. The van der Waals surface area contributed by atoms with Gasteiger partial charge in [-0.3, -0.25) is 0 Å². The highest BCUT2D eigenvalue weighted by Gasteiger charge is 2.26. The normalized spacial score (nSPS) is 14.4. The van der Waals surface area contributed by atoms with Gasteiger partial charge in [-0.1, -0.05) is 47.6 Å². The molecule has 2 heterocycles. The molecule has 0 saturated heterocycles. The lowest BCUT2D eigenvalue weighted by molar-refractivity contribution is -0.132. The fourth-order valence-corrected chi connectivity index (χ4v) is 4.84. The van der Waals surface area contributed by atoms with Gasteiger partial charge in [-0.2, -0.15) is 0 Å². The number of thioether (sulfide) groups is 1. The van der Waals surface area contributed by atoms with Crippen LogP contribution >= 0.6 is 34.7 Å². The zero-order chi connectivity index (χ0) is 19.5. The fourth-order valence-electron chi connectivity index (χ4n) is 2.84. The van der Waals surface area contributed by atoms with Gasteiger partial charge in [0.1, 0.15) is 0 Å². The number of carbonyl (C=O) groups is 1. The average molecular weight is 431 g/mol. The number of halogens is 1. The highest BCUT2D eigenvalue weighted by atomic mass is 35.5. The van der Waals surface area contributed by atoms with E-state index in [0.29, 0.717) is 28.8 Å². The molecule has 0 amide bonds. The molecule has 1 fully saturated rings. The van der Waals surface area contributed by atoms with Crippen molar-refractivity contribution >= 4 is 46.7 Å². The van der Waals surface area contributed by atoms with Gasteiger partial charge in [0.05, 0.1) is 18.4 Å². The van der Waals surface area contributed by atoms with Crippen molar-refractivity contribution in [2.45, 2.75) is 36.2 Å². The van der Waals surface area contributed by atoms with E-state index in [2.05, 4.69) is 9.55 Å². The number of carboxylic acid groups (broad SMARTS) is 1. The van der Waals surface area contributed by atoms with E-state index in [9.17, 15) is 9.90 Å². The SMILES string of the molecule is O=C(O)C(=Cc1cnc(SC2CC2)n1Cc1ccccc1Cl)Cc1cccs1. The summed E-state index contributed by atoms with van der Waals surface area (Å²) in [5.41, 5.74) is 2.13. The van der Waals surface area contributed by atoms with Crippen LogP contribution in [0.25, 0.3) is 6.08 Å². The summed E-state index contributed by atoms with van der Waals surface area (Å²) in [6, 6.07) is 11.6. The zero-order valence-corrected chi connectivity index (χ0v) is 17.4. The molecule has 4 rings (SSSR count). The zero-order valence-electron chi connectivity index (χ0n) is 15.0. The largest absolute Gasteiger partial charge is 0.478 e. The Kier molecular flexibility index (Phi) is 5.90. The maximum Gasteiger partial charge on any atom is 0.332 e. The van der Waals surface area contributed by atoms with Gasteiger partial charge >= 0.3 is 5.97 Å². The summed E-state index contributed by atoms with van der Waals surface area (Å²) in [6.07, 6.45) is 6.30. The first-order valence-electron chi connectivity index (χ1n) is 9.02. The second-order valence-corrected chi connectivity index (χ2v) is 9.40. The smallest absolute Gasteiger partial charge is 0.332 e. The number of nitrogens with zero attached hydrogens (tertiary/aromatic N) is 2. The van der Waals surface area contributed by atoms with Crippen LogP contribution < -0.4 is 0 Å². The fraction of sp³-hybridized carbons (Fsp3) is 0.238. The average Bonchev–Trinajstić information content (AvgIpc) is 3.20. The maximum absolute atomic E-state index is 11.8. The molecule has 144 valence electrons. The van der Waals surface area contributed by atoms with E-state index in [1.807, 2.05) is 41.8 Å². The van der Waals surface area contributed by atoms with Crippen LogP contribution in [0, 0.1) is 0 Å². The van der Waals surface area contributed by atoms with Crippen molar-refractivity contribution in [3.63, 3.8) is 0 Å². The number of imidazole rings is 1. The number of benzene rings is 1. The molecule has 0 spiro atoms. The molecule has 3 aromatic rings. The van der Waals surface area contributed by atoms with E-state index >= 15 is 0 Å². The lowest BCUT2D eigenvalue weighted by atomic mass is 10.1. The minimum atomic E-state index is -0.907. The molecule has 0 unspecified atom stereocenters. The molecule has 1 N–H and O–H groups in total. The summed E-state index contributed by atoms with van der Waals surface area (Å²) in [5.74, 6) is -0.907. The molecule has 1 saturated carbocycles. The van der Waals surface area contributed by atoms with Crippen molar-refractivity contribution in [1.29, 1.82) is 0 Å². The van der Waals surface area contributed by atoms with Gasteiger partial charge in [-0.05, 0) is 42.0 Å². The van der Waals surface area contributed by atoms with Gasteiger partial charge < -0.3 is 9.67 Å². The highest BCUT2D eigenvalue weighted by Crippen LogP contribution is 2.39. The van der Waals surface area contributed by atoms with E-state index in [1.165, 1.54) is 12.8 Å². The van der Waals surface area contributed by atoms with E-state index < -0.39 is 5.97 Å². The number of aromatic nitrogens is 2. The van der Waals surface area contributed by atoms with Crippen LogP contribution in [0.15, 0.2) is 58.7 Å². The summed E-state index contributed by atoms with van der Waals surface area (Å²) in [4.78, 5) is 17.4. The molecular formula is C21H19ClN2O2S2. The first kappa shape index (κ1) is 19.3. The molecule has 4 nitrogen and oxygen atoms in total. The Morgan fingerprint density at radius 3 is 2.82 bits per heavy atom. The second kappa shape index (κ2) is 8.55. The van der Waals surface area contributed by atoms with E-state index in [0.717, 1.165) is 21.3 Å². The molecular weight excluding hydrogens is 412 g/mol. The van der Waals surface area contributed by atoms with Gasteiger partial charge in [0.15, 0.2) is 5.16 Å². The van der Waals surface area contributed by atoms with Crippen molar-refractivity contribution < 1.29 is 9.90 Å². The standard InChI is InChI=1S/C21H19ClN2O2S2/c22-19-6-2-1-4-14(19)13-24-16(12-23-21(24)28-17-7-8-17)10-15(20(25)26)11-18-5-3-9-27-18/h1-6,9-10,12,17H,7-8,11,13H2,(H,25,26). The number of hydrogen-bond acceptors (Lipinski definition) is 4. The van der Waals surface area contributed by atoms with Crippen molar-refractivity contribution in [3.8, 4) is 0 Å². The molecule has 7 heteroatoms. The van der Waals surface area contributed by atoms with Crippen molar-refractivity contribution in [1.82, 2.24) is 9.55 Å². The molecule has 0 radical (unpaired) electrons. The minimum absolute atomic E-state index is 0.353. The van der Waals surface area contributed by atoms with Crippen LogP contribution in [0.3, 0.4) is 0 Å². The molecule has 1 aliphatic carbocycles. The Balaban J connectivity index is 1.69. The van der Waals surface area contributed by atoms with Crippen molar-refractivity contribution in [2.75, 3.05) is 0 Å². The number of thiophene rings is 1. The third kappa shape index (κ3) is 4.69. The van der Waals surface area contributed by atoms with Crippen LogP contribution in [-0.2, 0) is 17.8 Å². The number of rotatable bonds is 8. The lowest BCUT2D eigenvalue weighted by Crippen LogP contribution is -2.07. The summed E-state index contributed by atoms with van der Waals surface area (Å²) in [7, 11) is 0. The van der Waals surface area contributed by atoms with Gasteiger partial charge in [0.25, 0.3) is 0 Å². The Morgan fingerprint density at radius 1 is 1.32 bits per heavy atom. The van der Waals surface area contributed by atoms with E-state index in [1.54, 1.807) is 35.4 Å². The lowest BCUT2D eigenvalue weighted by Gasteiger charge is -2.12. The maximum atomic E-state index is 11.8. The van der Waals surface area contributed by atoms with E-state index in [4.69, 9.17) is 11.6 Å². The summed E-state index contributed by atoms with van der Waals surface area (Å²) >= 11 is 9.69. The summed E-state index contributed by atoms with van der Waals surface area (Å²) in [6.45, 7) is 0.562. The Bertz CT molecular complexity index is 1010. The predicted molar refractivity (Wildman–Crippen MR) is 115 cm³/mol. The third-order valence-corrected chi connectivity index (χ3v) is 7.06. The van der Waals surface area contributed by atoms with Crippen LogP contribution in [0.2, 0.25) is 5.02 Å². The first-order valence-corrected chi connectivity index (χ1v) is 11.2. The molecule has 0 bridgehead atoms. The van der Waals surface area contributed by atoms with Crippen LogP contribution in [0.5, 0.6) is 0 Å². The molecule has 0 atom stereocenters. The van der Waals surface area contributed by atoms with Gasteiger partial charge in [0, 0.05) is 27.1 Å². The first-order chi connectivity index (χ1) is 13.6.